The van der Waals surface area contributed by atoms with E-state index in [4.69, 9.17) is 32.7 Å². The Morgan fingerprint density at radius 1 is 1.00 bits per heavy atom. The highest BCUT2D eigenvalue weighted by Gasteiger charge is 2.15. The number of thiocarbonyl (C=S) groups is 1. The van der Waals surface area contributed by atoms with Crippen molar-refractivity contribution in [1.82, 2.24) is 10.3 Å². The first-order chi connectivity index (χ1) is 15.5. The summed E-state index contributed by atoms with van der Waals surface area (Å²) >= 11 is 11.4. The molecule has 0 saturated carbocycles. The van der Waals surface area contributed by atoms with Crippen molar-refractivity contribution >= 4 is 62.6 Å². The van der Waals surface area contributed by atoms with E-state index in [1.165, 1.54) is 0 Å². The second-order valence-electron chi connectivity index (χ2n) is 7.22. The number of rotatable bonds is 3. The SMILES string of the molecule is Cc1ccc(-c2nc3cc(Cl)ccc3o2)cc1NC(=S)NC(=O)c1cc2ccccc2o1. The molecule has 2 heterocycles. The molecule has 0 spiro atoms. The number of carbonyl (C=O) groups excluding carboxylic acids is 1. The Hall–Kier alpha value is -3.68. The fourth-order valence-electron chi connectivity index (χ4n) is 3.33. The van der Waals surface area contributed by atoms with Crippen LogP contribution in [0.1, 0.15) is 16.1 Å². The Labute approximate surface area is 193 Å². The van der Waals surface area contributed by atoms with Crippen LogP contribution in [0.15, 0.2) is 75.6 Å². The number of para-hydroxylation sites is 1. The van der Waals surface area contributed by atoms with E-state index in [1.807, 2.05) is 43.3 Å². The lowest BCUT2D eigenvalue weighted by atomic mass is 10.1. The lowest BCUT2D eigenvalue weighted by Crippen LogP contribution is -2.34. The number of carbonyl (C=O) groups is 1. The van der Waals surface area contributed by atoms with Gasteiger partial charge in [0.1, 0.15) is 11.1 Å². The second-order valence-corrected chi connectivity index (χ2v) is 8.06. The van der Waals surface area contributed by atoms with Crippen molar-refractivity contribution in [3.05, 3.63) is 83.1 Å². The van der Waals surface area contributed by atoms with Crippen molar-refractivity contribution < 1.29 is 13.6 Å². The van der Waals surface area contributed by atoms with Gasteiger partial charge >= 0.3 is 0 Å². The third-order valence-electron chi connectivity index (χ3n) is 4.96. The minimum absolute atomic E-state index is 0.153. The standard InChI is InChI=1S/C24H16ClN3O3S/c1-13-6-7-15(23-26-18-12-16(25)8-9-20(18)31-23)10-17(13)27-24(32)28-22(29)21-11-14-4-2-3-5-19(14)30-21/h2-12H,1H3,(H2,27,28,29,32). The van der Waals surface area contributed by atoms with Gasteiger partial charge in [0, 0.05) is 21.7 Å². The number of oxazole rings is 1. The molecule has 0 aliphatic rings. The molecule has 158 valence electrons. The number of hydrogen-bond acceptors (Lipinski definition) is 5. The minimum atomic E-state index is -0.427. The Balaban J connectivity index is 1.35. The van der Waals surface area contributed by atoms with E-state index in [0.29, 0.717) is 27.6 Å². The van der Waals surface area contributed by atoms with Gasteiger partial charge in [-0.3, -0.25) is 10.1 Å². The lowest BCUT2D eigenvalue weighted by molar-refractivity contribution is 0.0953. The van der Waals surface area contributed by atoms with E-state index in [-0.39, 0.29) is 10.9 Å². The maximum Gasteiger partial charge on any atom is 0.293 e. The van der Waals surface area contributed by atoms with Crippen LogP contribution in [0.5, 0.6) is 0 Å². The van der Waals surface area contributed by atoms with Crippen LogP contribution in [0.25, 0.3) is 33.5 Å². The van der Waals surface area contributed by atoms with E-state index in [2.05, 4.69) is 15.6 Å². The summed E-state index contributed by atoms with van der Waals surface area (Å²) in [4.78, 5) is 17.1. The third-order valence-corrected chi connectivity index (χ3v) is 5.40. The number of nitrogens with zero attached hydrogens (tertiary/aromatic N) is 1. The highest BCUT2D eigenvalue weighted by molar-refractivity contribution is 7.80. The lowest BCUT2D eigenvalue weighted by Gasteiger charge is -2.12. The molecule has 0 fully saturated rings. The Kier molecular flexibility index (Phi) is 5.13. The molecule has 32 heavy (non-hydrogen) atoms. The Morgan fingerprint density at radius 3 is 2.69 bits per heavy atom. The molecule has 5 aromatic rings. The van der Waals surface area contributed by atoms with Gasteiger partial charge in [-0.2, -0.15) is 0 Å². The maximum atomic E-state index is 12.5. The first-order valence-corrected chi connectivity index (χ1v) is 10.5. The molecule has 0 aliphatic heterocycles. The predicted octanol–water partition coefficient (Wildman–Crippen LogP) is 6.33. The van der Waals surface area contributed by atoms with Crippen molar-refractivity contribution in [1.29, 1.82) is 0 Å². The fourth-order valence-corrected chi connectivity index (χ4v) is 3.69. The van der Waals surface area contributed by atoms with Gasteiger partial charge in [0.15, 0.2) is 16.5 Å². The molecular formula is C24H16ClN3O3S. The second kappa shape index (κ2) is 8.11. The molecule has 0 bridgehead atoms. The topological polar surface area (TPSA) is 80.3 Å². The van der Waals surface area contributed by atoms with Gasteiger partial charge in [0.2, 0.25) is 5.89 Å². The fraction of sp³-hybridized carbons (Fsp3) is 0.0417. The van der Waals surface area contributed by atoms with Crippen LogP contribution in [0.4, 0.5) is 5.69 Å². The molecule has 0 aliphatic carbocycles. The van der Waals surface area contributed by atoms with E-state index >= 15 is 0 Å². The number of anilines is 1. The van der Waals surface area contributed by atoms with Crippen LogP contribution < -0.4 is 10.6 Å². The monoisotopic (exact) mass is 461 g/mol. The summed E-state index contributed by atoms with van der Waals surface area (Å²) in [5, 5.41) is 7.31. The molecule has 1 amide bonds. The first-order valence-electron chi connectivity index (χ1n) is 9.74. The van der Waals surface area contributed by atoms with Crippen LogP contribution >= 0.6 is 23.8 Å². The Bertz CT molecular complexity index is 1470. The molecule has 3 aromatic carbocycles. The van der Waals surface area contributed by atoms with E-state index in [1.54, 1.807) is 30.3 Å². The summed E-state index contributed by atoms with van der Waals surface area (Å²) in [6.45, 7) is 1.93. The number of benzene rings is 3. The van der Waals surface area contributed by atoms with Gasteiger partial charge in [0.05, 0.1) is 0 Å². The number of fused-ring (bicyclic) bond motifs is 2. The molecule has 0 unspecified atom stereocenters. The van der Waals surface area contributed by atoms with Crippen molar-refractivity contribution in [3.8, 4) is 11.5 Å². The van der Waals surface area contributed by atoms with E-state index in [9.17, 15) is 4.79 Å². The zero-order valence-electron chi connectivity index (χ0n) is 16.8. The number of amides is 1. The molecule has 2 aromatic heterocycles. The number of halogens is 1. The van der Waals surface area contributed by atoms with Crippen molar-refractivity contribution in [2.24, 2.45) is 0 Å². The smallest absolute Gasteiger partial charge is 0.293 e. The first kappa shape index (κ1) is 20.2. The van der Waals surface area contributed by atoms with Crippen molar-refractivity contribution in [2.75, 3.05) is 5.32 Å². The summed E-state index contributed by atoms with van der Waals surface area (Å²) in [7, 11) is 0. The number of aromatic nitrogens is 1. The zero-order chi connectivity index (χ0) is 22.2. The van der Waals surface area contributed by atoms with Crippen LogP contribution in [-0.2, 0) is 0 Å². The molecular weight excluding hydrogens is 446 g/mol. The maximum absolute atomic E-state index is 12.5. The number of aryl methyl sites for hydroxylation is 1. The quantitative estimate of drug-likeness (QED) is 0.305. The molecule has 0 radical (unpaired) electrons. The molecule has 2 N–H and O–H groups in total. The van der Waals surface area contributed by atoms with Crippen molar-refractivity contribution in [2.45, 2.75) is 6.92 Å². The van der Waals surface area contributed by atoms with Gasteiger partial charge in [-0.1, -0.05) is 35.9 Å². The normalized spacial score (nSPS) is 11.1. The van der Waals surface area contributed by atoms with Gasteiger partial charge in [-0.15, -0.1) is 0 Å². The van der Waals surface area contributed by atoms with Gasteiger partial charge < -0.3 is 14.2 Å². The summed E-state index contributed by atoms with van der Waals surface area (Å²) in [6.07, 6.45) is 0. The van der Waals surface area contributed by atoms with Gasteiger partial charge in [-0.05, 0) is 67.2 Å². The summed E-state index contributed by atoms with van der Waals surface area (Å²) in [6, 6.07) is 20.1. The minimum Gasteiger partial charge on any atom is -0.451 e. The average Bonchev–Trinajstić information content (AvgIpc) is 3.39. The summed E-state index contributed by atoms with van der Waals surface area (Å²) in [5.41, 5.74) is 4.38. The summed E-state index contributed by atoms with van der Waals surface area (Å²) < 4.78 is 11.4. The zero-order valence-corrected chi connectivity index (χ0v) is 18.4. The predicted molar refractivity (Wildman–Crippen MR) is 129 cm³/mol. The number of nitrogens with one attached hydrogen (secondary N) is 2. The molecule has 6 nitrogen and oxygen atoms in total. The van der Waals surface area contributed by atoms with Gasteiger partial charge in [-0.25, -0.2) is 4.98 Å². The number of furan rings is 1. The van der Waals surface area contributed by atoms with Crippen LogP contribution in [0.3, 0.4) is 0 Å². The molecule has 0 atom stereocenters. The van der Waals surface area contributed by atoms with E-state index in [0.717, 1.165) is 22.2 Å². The highest BCUT2D eigenvalue weighted by Crippen LogP contribution is 2.29. The van der Waals surface area contributed by atoms with Crippen LogP contribution in [0, 0.1) is 6.92 Å². The molecule has 5 rings (SSSR count). The third kappa shape index (κ3) is 3.95. The van der Waals surface area contributed by atoms with Crippen molar-refractivity contribution in [3.63, 3.8) is 0 Å². The highest BCUT2D eigenvalue weighted by atomic mass is 35.5. The number of hydrogen-bond donors (Lipinski definition) is 2. The van der Waals surface area contributed by atoms with E-state index < -0.39 is 5.91 Å². The van der Waals surface area contributed by atoms with Gasteiger partial charge in [0.25, 0.3) is 5.91 Å². The average molecular weight is 462 g/mol. The molecule has 8 heteroatoms. The van der Waals surface area contributed by atoms with Crippen LogP contribution in [-0.4, -0.2) is 16.0 Å². The van der Waals surface area contributed by atoms with Crippen LogP contribution in [0.2, 0.25) is 5.02 Å². The Morgan fingerprint density at radius 2 is 1.84 bits per heavy atom. The summed E-state index contributed by atoms with van der Waals surface area (Å²) in [5.74, 6) is 0.219. The largest absolute Gasteiger partial charge is 0.451 e. The molecule has 0 saturated heterocycles.